The fraction of sp³-hybridized carbons (Fsp3) is 0.185. The maximum atomic E-state index is 12.8. The minimum absolute atomic E-state index is 0.0497. The van der Waals surface area contributed by atoms with Crippen molar-refractivity contribution in [3.8, 4) is 11.5 Å². The van der Waals surface area contributed by atoms with Gasteiger partial charge in [0, 0.05) is 53.2 Å². The highest BCUT2D eigenvalue weighted by Gasteiger charge is 2.22. The van der Waals surface area contributed by atoms with Gasteiger partial charge in [-0.25, -0.2) is 0 Å². The summed E-state index contributed by atoms with van der Waals surface area (Å²) in [5.74, 6) is 0.481. The summed E-state index contributed by atoms with van der Waals surface area (Å²) in [6.07, 6.45) is 0. The minimum atomic E-state index is -0.156. The lowest BCUT2D eigenvalue weighted by Gasteiger charge is -2.36. The molecule has 8 nitrogen and oxygen atoms in total. The zero-order chi connectivity index (χ0) is 25.6. The van der Waals surface area contributed by atoms with E-state index in [1.54, 1.807) is 0 Å². The van der Waals surface area contributed by atoms with Crippen LogP contribution in [0.2, 0.25) is 0 Å². The number of carbonyl (C=O) groups is 2. The number of piperazine rings is 1. The lowest BCUT2D eigenvalue weighted by Crippen LogP contribution is -2.48. The van der Waals surface area contributed by atoms with Crippen molar-refractivity contribution in [1.82, 2.24) is 15.1 Å². The van der Waals surface area contributed by atoms with Crippen molar-refractivity contribution in [3.63, 3.8) is 0 Å². The standard InChI is InChI=1S/C27H24BrN5O3S/c28-21-8-4-7-20(17-21)26(35)33-15-13-32(14-16-33)23-11-9-22(10-12-23)29-24(34)18-37-27-31-30-25(36-27)19-5-2-1-3-6-19/h1-12,17H,13-16,18H2,(H,29,34). The van der Waals surface area contributed by atoms with Crippen molar-refractivity contribution in [2.24, 2.45) is 0 Å². The zero-order valence-corrected chi connectivity index (χ0v) is 22.2. The predicted octanol–water partition coefficient (Wildman–Crippen LogP) is 5.19. The fourth-order valence-electron chi connectivity index (χ4n) is 4.02. The highest BCUT2D eigenvalue weighted by Crippen LogP contribution is 2.24. The van der Waals surface area contributed by atoms with Crippen LogP contribution in [0.25, 0.3) is 11.5 Å². The van der Waals surface area contributed by atoms with E-state index in [2.05, 4.69) is 36.3 Å². The maximum Gasteiger partial charge on any atom is 0.277 e. The van der Waals surface area contributed by atoms with Crippen LogP contribution in [0, 0.1) is 0 Å². The molecule has 1 aliphatic heterocycles. The number of anilines is 2. The van der Waals surface area contributed by atoms with Crippen molar-refractivity contribution in [3.05, 3.63) is 88.9 Å². The van der Waals surface area contributed by atoms with Crippen LogP contribution in [0.1, 0.15) is 10.4 Å². The summed E-state index contributed by atoms with van der Waals surface area (Å²) in [6.45, 7) is 2.81. The molecule has 5 rings (SSSR count). The first-order valence-electron chi connectivity index (χ1n) is 11.8. The van der Waals surface area contributed by atoms with Gasteiger partial charge in [-0.1, -0.05) is 52.0 Å². The highest BCUT2D eigenvalue weighted by atomic mass is 79.9. The quantitative estimate of drug-likeness (QED) is 0.302. The Morgan fingerprint density at radius 3 is 2.41 bits per heavy atom. The van der Waals surface area contributed by atoms with Crippen LogP contribution in [-0.2, 0) is 4.79 Å². The van der Waals surface area contributed by atoms with E-state index in [4.69, 9.17) is 4.42 Å². The first-order chi connectivity index (χ1) is 18.0. The second-order valence-electron chi connectivity index (χ2n) is 8.41. The summed E-state index contributed by atoms with van der Waals surface area (Å²) in [6, 6.07) is 24.7. The second kappa shape index (κ2) is 11.6. The van der Waals surface area contributed by atoms with Crippen LogP contribution in [0.3, 0.4) is 0 Å². The molecule has 188 valence electrons. The van der Waals surface area contributed by atoms with Crippen LogP contribution in [0.15, 0.2) is 93.0 Å². The Morgan fingerprint density at radius 2 is 1.68 bits per heavy atom. The average Bonchev–Trinajstić information content (AvgIpc) is 3.42. The van der Waals surface area contributed by atoms with Crippen LogP contribution < -0.4 is 10.2 Å². The Morgan fingerprint density at radius 1 is 0.919 bits per heavy atom. The molecule has 2 heterocycles. The van der Waals surface area contributed by atoms with Gasteiger partial charge < -0.3 is 19.5 Å². The third-order valence-corrected chi connectivity index (χ3v) is 7.22. The van der Waals surface area contributed by atoms with Crippen molar-refractivity contribution < 1.29 is 14.0 Å². The number of thioether (sulfide) groups is 1. The Bertz CT molecular complexity index is 1370. The van der Waals surface area contributed by atoms with Crippen LogP contribution in [0.4, 0.5) is 11.4 Å². The molecule has 3 aromatic carbocycles. The molecule has 1 aliphatic rings. The summed E-state index contributed by atoms with van der Waals surface area (Å²) >= 11 is 4.62. The van der Waals surface area contributed by atoms with Gasteiger partial charge in [0.2, 0.25) is 11.8 Å². The molecule has 2 amide bonds. The molecule has 0 spiro atoms. The first-order valence-corrected chi connectivity index (χ1v) is 13.5. The van der Waals surface area contributed by atoms with Crippen LogP contribution in [-0.4, -0.2) is 58.8 Å². The average molecular weight is 578 g/mol. The van der Waals surface area contributed by atoms with Crippen LogP contribution >= 0.6 is 27.7 Å². The minimum Gasteiger partial charge on any atom is -0.411 e. The number of nitrogens with zero attached hydrogens (tertiary/aromatic N) is 4. The third kappa shape index (κ3) is 6.39. The Balaban J connectivity index is 1.09. The molecule has 4 aromatic rings. The van der Waals surface area contributed by atoms with Gasteiger partial charge in [0.1, 0.15) is 0 Å². The predicted molar refractivity (Wildman–Crippen MR) is 148 cm³/mol. The number of rotatable bonds is 7. The summed E-state index contributed by atoms with van der Waals surface area (Å²) in [5.41, 5.74) is 3.30. The number of nitrogens with one attached hydrogen (secondary N) is 1. The topological polar surface area (TPSA) is 91.6 Å². The molecule has 0 aliphatic carbocycles. The fourth-order valence-corrected chi connectivity index (χ4v) is 4.98. The molecule has 0 atom stereocenters. The number of halogens is 1. The summed E-state index contributed by atoms with van der Waals surface area (Å²) in [7, 11) is 0. The third-order valence-electron chi connectivity index (χ3n) is 5.91. The Kier molecular flexibility index (Phi) is 7.86. The lowest BCUT2D eigenvalue weighted by atomic mass is 10.1. The molecule has 1 saturated heterocycles. The van der Waals surface area contributed by atoms with E-state index >= 15 is 0 Å². The van der Waals surface area contributed by atoms with Gasteiger partial charge in [0.25, 0.3) is 11.1 Å². The van der Waals surface area contributed by atoms with E-state index in [1.165, 1.54) is 11.8 Å². The normalized spacial score (nSPS) is 13.4. The Hall–Kier alpha value is -3.63. The number of carbonyl (C=O) groups excluding carboxylic acids is 2. The van der Waals surface area contributed by atoms with Gasteiger partial charge in [-0.2, -0.15) is 0 Å². The second-order valence-corrected chi connectivity index (χ2v) is 10.3. The lowest BCUT2D eigenvalue weighted by molar-refractivity contribution is -0.113. The van der Waals surface area contributed by atoms with Gasteiger partial charge in [0.05, 0.1) is 5.75 Å². The van der Waals surface area contributed by atoms with Crippen molar-refractivity contribution in [2.45, 2.75) is 5.22 Å². The van der Waals surface area contributed by atoms with Gasteiger partial charge in [0.15, 0.2) is 0 Å². The number of hydrogen-bond acceptors (Lipinski definition) is 7. The smallest absolute Gasteiger partial charge is 0.277 e. The van der Waals surface area contributed by atoms with Gasteiger partial charge in [-0.15, -0.1) is 10.2 Å². The maximum absolute atomic E-state index is 12.8. The highest BCUT2D eigenvalue weighted by molar-refractivity contribution is 9.10. The van der Waals surface area contributed by atoms with E-state index in [1.807, 2.05) is 83.8 Å². The molecule has 0 unspecified atom stereocenters. The number of benzene rings is 3. The summed E-state index contributed by atoms with van der Waals surface area (Å²) in [5, 5.41) is 11.3. The van der Waals surface area contributed by atoms with Crippen molar-refractivity contribution >= 4 is 50.9 Å². The first kappa shape index (κ1) is 25.0. The van der Waals surface area contributed by atoms with Crippen LogP contribution in [0.5, 0.6) is 0 Å². The summed E-state index contributed by atoms with van der Waals surface area (Å²) < 4.78 is 6.53. The molecule has 1 aromatic heterocycles. The van der Waals surface area contributed by atoms with E-state index < -0.39 is 0 Å². The molecule has 1 N–H and O–H groups in total. The SMILES string of the molecule is O=C(CSc1nnc(-c2ccccc2)o1)Nc1ccc(N2CCN(C(=O)c3cccc(Br)c3)CC2)cc1. The Labute approximate surface area is 227 Å². The largest absolute Gasteiger partial charge is 0.411 e. The van der Waals surface area contributed by atoms with E-state index in [-0.39, 0.29) is 17.6 Å². The summed E-state index contributed by atoms with van der Waals surface area (Å²) in [4.78, 5) is 29.3. The molecule has 0 bridgehead atoms. The molecule has 0 saturated carbocycles. The number of amides is 2. The van der Waals surface area contributed by atoms with E-state index in [0.29, 0.717) is 35.5 Å². The zero-order valence-electron chi connectivity index (χ0n) is 19.8. The molecule has 0 radical (unpaired) electrons. The monoisotopic (exact) mass is 577 g/mol. The van der Waals surface area contributed by atoms with E-state index in [0.717, 1.165) is 28.8 Å². The molecular weight excluding hydrogens is 554 g/mol. The molecule has 10 heteroatoms. The van der Waals surface area contributed by atoms with E-state index in [9.17, 15) is 9.59 Å². The van der Waals surface area contributed by atoms with Gasteiger partial charge in [-0.3, -0.25) is 9.59 Å². The molecule has 1 fully saturated rings. The number of aromatic nitrogens is 2. The van der Waals surface area contributed by atoms with Gasteiger partial charge >= 0.3 is 0 Å². The molecular formula is C27H24BrN5O3S. The van der Waals surface area contributed by atoms with Crippen molar-refractivity contribution in [2.75, 3.05) is 42.1 Å². The number of hydrogen-bond donors (Lipinski definition) is 1. The van der Waals surface area contributed by atoms with Crippen molar-refractivity contribution in [1.29, 1.82) is 0 Å². The molecule has 37 heavy (non-hydrogen) atoms. The van der Waals surface area contributed by atoms with Gasteiger partial charge in [-0.05, 0) is 54.6 Å².